The molecule has 1 saturated carbocycles. The van der Waals surface area contributed by atoms with Crippen molar-refractivity contribution < 1.29 is 5.11 Å². The molecule has 0 aliphatic heterocycles. The number of rotatable bonds is 5. The van der Waals surface area contributed by atoms with E-state index in [1.807, 2.05) is 13.0 Å². The van der Waals surface area contributed by atoms with Crippen molar-refractivity contribution in [2.75, 3.05) is 11.9 Å². The van der Waals surface area contributed by atoms with Crippen LogP contribution in [-0.2, 0) is 6.42 Å². The Morgan fingerprint density at radius 1 is 1.50 bits per heavy atom. The van der Waals surface area contributed by atoms with E-state index in [-0.39, 0.29) is 6.10 Å². The second kappa shape index (κ2) is 4.78. The summed E-state index contributed by atoms with van der Waals surface area (Å²) in [5, 5.41) is 12.9. The van der Waals surface area contributed by atoms with E-state index in [9.17, 15) is 5.11 Å². The molecule has 0 saturated heterocycles. The number of nitrogens with one attached hydrogen (secondary N) is 1. The highest BCUT2D eigenvalue weighted by Crippen LogP contribution is 2.32. The topological polar surface area (TPSA) is 58.0 Å². The van der Waals surface area contributed by atoms with Crippen LogP contribution in [-0.4, -0.2) is 27.7 Å². The minimum absolute atomic E-state index is 0.236. The molecule has 1 fully saturated rings. The van der Waals surface area contributed by atoms with Crippen LogP contribution in [0.1, 0.15) is 31.3 Å². The summed E-state index contributed by atoms with van der Waals surface area (Å²) in [6.07, 6.45) is 2.99. The molecule has 0 radical (unpaired) electrons. The zero-order chi connectivity index (χ0) is 11.5. The van der Waals surface area contributed by atoms with E-state index >= 15 is 0 Å². The summed E-state index contributed by atoms with van der Waals surface area (Å²) in [6.45, 7) is 4.55. The second-order valence-electron chi connectivity index (χ2n) is 4.43. The molecule has 0 aromatic carbocycles. The van der Waals surface area contributed by atoms with Crippen molar-refractivity contribution in [2.45, 2.75) is 39.2 Å². The monoisotopic (exact) mass is 221 g/mol. The van der Waals surface area contributed by atoms with Gasteiger partial charge in [0.1, 0.15) is 11.6 Å². The zero-order valence-electron chi connectivity index (χ0n) is 9.90. The molecule has 1 unspecified atom stereocenters. The van der Waals surface area contributed by atoms with Gasteiger partial charge in [0.25, 0.3) is 0 Å². The third-order valence-electron chi connectivity index (χ3n) is 2.91. The smallest absolute Gasteiger partial charge is 0.130 e. The SMILES string of the molecule is CCc1cc(NCC(O)C2CC2)nc(C)n1. The summed E-state index contributed by atoms with van der Waals surface area (Å²) in [7, 11) is 0. The Morgan fingerprint density at radius 2 is 2.25 bits per heavy atom. The van der Waals surface area contributed by atoms with Gasteiger partial charge in [0, 0.05) is 18.3 Å². The van der Waals surface area contributed by atoms with E-state index in [1.165, 1.54) is 0 Å². The molecule has 4 heteroatoms. The first-order valence-electron chi connectivity index (χ1n) is 5.95. The lowest BCUT2D eigenvalue weighted by molar-refractivity contribution is 0.164. The highest BCUT2D eigenvalue weighted by atomic mass is 16.3. The quantitative estimate of drug-likeness (QED) is 0.791. The van der Waals surface area contributed by atoms with Crippen LogP contribution >= 0.6 is 0 Å². The molecule has 4 nitrogen and oxygen atoms in total. The Bertz CT molecular complexity index is 363. The van der Waals surface area contributed by atoms with Crippen LogP contribution in [0, 0.1) is 12.8 Å². The molecular weight excluding hydrogens is 202 g/mol. The molecule has 0 spiro atoms. The Kier molecular flexibility index (Phi) is 3.39. The molecule has 0 bridgehead atoms. The standard InChI is InChI=1S/C12H19N3O/c1-3-10-6-12(15-8(2)14-10)13-7-11(16)9-4-5-9/h6,9,11,16H,3-5,7H2,1-2H3,(H,13,14,15). The molecule has 1 heterocycles. The van der Waals surface area contributed by atoms with E-state index in [1.54, 1.807) is 0 Å². The fraction of sp³-hybridized carbons (Fsp3) is 0.667. The minimum atomic E-state index is -0.236. The van der Waals surface area contributed by atoms with E-state index in [2.05, 4.69) is 22.2 Å². The number of anilines is 1. The van der Waals surface area contributed by atoms with Gasteiger partial charge in [-0.25, -0.2) is 9.97 Å². The van der Waals surface area contributed by atoms with Gasteiger partial charge in [-0.15, -0.1) is 0 Å². The van der Waals surface area contributed by atoms with Gasteiger partial charge in [0.05, 0.1) is 6.10 Å². The predicted octanol–water partition coefficient (Wildman–Crippen LogP) is 1.53. The van der Waals surface area contributed by atoms with Crippen LogP contribution in [0.15, 0.2) is 6.07 Å². The van der Waals surface area contributed by atoms with Gasteiger partial charge in [-0.2, -0.15) is 0 Å². The molecule has 1 aromatic heterocycles. The van der Waals surface area contributed by atoms with Crippen molar-refractivity contribution in [2.24, 2.45) is 5.92 Å². The summed E-state index contributed by atoms with van der Waals surface area (Å²) in [5.41, 5.74) is 1.04. The van der Waals surface area contributed by atoms with Gasteiger partial charge in [-0.05, 0) is 32.1 Å². The lowest BCUT2D eigenvalue weighted by Gasteiger charge is -2.12. The zero-order valence-corrected chi connectivity index (χ0v) is 9.90. The van der Waals surface area contributed by atoms with Crippen LogP contribution in [0.2, 0.25) is 0 Å². The molecule has 1 atom stereocenters. The fourth-order valence-electron chi connectivity index (χ4n) is 1.76. The normalized spacial score (nSPS) is 17.2. The van der Waals surface area contributed by atoms with E-state index in [0.29, 0.717) is 12.5 Å². The number of aliphatic hydroxyl groups is 1. The largest absolute Gasteiger partial charge is 0.391 e. The highest BCUT2D eigenvalue weighted by molar-refractivity contribution is 5.36. The Morgan fingerprint density at radius 3 is 2.88 bits per heavy atom. The van der Waals surface area contributed by atoms with Crippen LogP contribution < -0.4 is 5.32 Å². The fourth-order valence-corrected chi connectivity index (χ4v) is 1.76. The average molecular weight is 221 g/mol. The van der Waals surface area contributed by atoms with Crippen LogP contribution in [0.5, 0.6) is 0 Å². The number of aryl methyl sites for hydroxylation is 2. The van der Waals surface area contributed by atoms with Crippen molar-refractivity contribution in [3.63, 3.8) is 0 Å². The Balaban J connectivity index is 1.94. The van der Waals surface area contributed by atoms with Crippen molar-refractivity contribution in [1.82, 2.24) is 9.97 Å². The van der Waals surface area contributed by atoms with Crippen molar-refractivity contribution in [1.29, 1.82) is 0 Å². The summed E-state index contributed by atoms with van der Waals surface area (Å²) < 4.78 is 0. The molecule has 16 heavy (non-hydrogen) atoms. The first-order valence-corrected chi connectivity index (χ1v) is 5.95. The van der Waals surface area contributed by atoms with Gasteiger partial charge in [0.15, 0.2) is 0 Å². The van der Waals surface area contributed by atoms with E-state index in [0.717, 1.165) is 36.6 Å². The maximum Gasteiger partial charge on any atom is 0.130 e. The number of hydrogen-bond acceptors (Lipinski definition) is 4. The maximum absolute atomic E-state index is 9.74. The molecule has 2 N–H and O–H groups in total. The molecule has 1 aliphatic carbocycles. The molecule has 1 aliphatic rings. The number of hydrogen-bond donors (Lipinski definition) is 2. The number of aliphatic hydroxyl groups excluding tert-OH is 1. The van der Waals surface area contributed by atoms with Gasteiger partial charge in [0.2, 0.25) is 0 Å². The average Bonchev–Trinajstić information content (AvgIpc) is 3.08. The molecule has 0 amide bonds. The second-order valence-corrected chi connectivity index (χ2v) is 4.43. The third-order valence-corrected chi connectivity index (χ3v) is 2.91. The molecule has 88 valence electrons. The summed E-state index contributed by atoms with van der Waals surface area (Å²) >= 11 is 0. The third kappa shape index (κ3) is 2.92. The lowest BCUT2D eigenvalue weighted by Crippen LogP contribution is -2.22. The van der Waals surface area contributed by atoms with E-state index < -0.39 is 0 Å². The number of nitrogens with zero attached hydrogens (tertiary/aromatic N) is 2. The Hall–Kier alpha value is -1.16. The predicted molar refractivity (Wildman–Crippen MR) is 63.4 cm³/mol. The maximum atomic E-state index is 9.74. The number of aromatic nitrogens is 2. The molecule has 2 rings (SSSR count). The molecular formula is C12H19N3O. The van der Waals surface area contributed by atoms with Gasteiger partial charge < -0.3 is 10.4 Å². The van der Waals surface area contributed by atoms with Crippen molar-refractivity contribution in [3.05, 3.63) is 17.6 Å². The van der Waals surface area contributed by atoms with Crippen molar-refractivity contribution in [3.8, 4) is 0 Å². The van der Waals surface area contributed by atoms with Gasteiger partial charge in [-0.3, -0.25) is 0 Å². The van der Waals surface area contributed by atoms with Gasteiger partial charge in [-0.1, -0.05) is 6.92 Å². The van der Waals surface area contributed by atoms with Crippen molar-refractivity contribution >= 4 is 5.82 Å². The molecule has 1 aromatic rings. The summed E-state index contributed by atoms with van der Waals surface area (Å²) in [5.74, 6) is 2.10. The Labute approximate surface area is 96.1 Å². The minimum Gasteiger partial charge on any atom is -0.391 e. The first kappa shape index (κ1) is 11.3. The van der Waals surface area contributed by atoms with Crippen LogP contribution in [0.25, 0.3) is 0 Å². The highest BCUT2D eigenvalue weighted by Gasteiger charge is 2.29. The van der Waals surface area contributed by atoms with Crippen LogP contribution in [0.4, 0.5) is 5.82 Å². The summed E-state index contributed by atoms with van der Waals surface area (Å²) in [6, 6.07) is 1.95. The lowest BCUT2D eigenvalue weighted by atomic mass is 10.2. The van der Waals surface area contributed by atoms with Crippen LogP contribution in [0.3, 0.4) is 0 Å². The first-order chi connectivity index (χ1) is 7.69. The van der Waals surface area contributed by atoms with E-state index in [4.69, 9.17) is 0 Å². The summed E-state index contributed by atoms with van der Waals surface area (Å²) in [4.78, 5) is 8.61. The van der Waals surface area contributed by atoms with Gasteiger partial charge >= 0.3 is 0 Å².